The molecule has 122 valence electrons. The van der Waals surface area contributed by atoms with E-state index < -0.39 is 36.4 Å². The number of aliphatic carboxylic acids is 1. The Bertz CT molecular complexity index is 600. The second-order valence-corrected chi connectivity index (χ2v) is 6.48. The van der Waals surface area contributed by atoms with Gasteiger partial charge in [0.05, 0.1) is 5.01 Å². The van der Waals surface area contributed by atoms with Crippen LogP contribution in [0.5, 0.6) is 0 Å². The molecular formula is C13H15F3N2O3S. The lowest BCUT2D eigenvalue weighted by Crippen LogP contribution is -2.47. The summed E-state index contributed by atoms with van der Waals surface area (Å²) in [6.45, 7) is 2.66. The maximum absolute atomic E-state index is 13.1. The van der Waals surface area contributed by atoms with Gasteiger partial charge in [-0.25, -0.2) is 4.98 Å². The van der Waals surface area contributed by atoms with Crippen molar-refractivity contribution in [3.05, 3.63) is 16.1 Å². The number of alkyl halides is 3. The fraction of sp³-hybridized carbons (Fsp3) is 0.615. The minimum Gasteiger partial charge on any atom is -0.481 e. The van der Waals surface area contributed by atoms with Crippen molar-refractivity contribution in [2.24, 2.45) is 5.41 Å². The van der Waals surface area contributed by atoms with E-state index >= 15 is 0 Å². The van der Waals surface area contributed by atoms with Crippen LogP contribution in [0.4, 0.5) is 13.2 Å². The van der Waals surface area contributed by atoms with Gasteiger partial charge in [0.15, 0.2) is 5.41 Å². The van der Waals surface area contributed by atoms with Crippen molar-refractivity contribution in [2.75, 3.05) is 13.1 Å². The number of rotatable bonds is 3. The molecule has 1 N–H and O–H groups in total. The van der Waals surface area contributed by atoms with E-state index in [1.165, 1.54) is 16.7 Å². The summed E-state index contributed by atoms with van der Waals surface area (Å²) in [7, 11) is 0. The summed E-state index contributed by atoms with van der Waals surface area (Å²) < 4.78 is 39.3. The molecule has 5 nitrogen and oxygen atoms in total. The third-order valence-electron chi connectivity index (χ3n) is 3.74. The highest BCUT2D eigenvalue weighted by atomic mass is 32.1. The second kappa shape index (κ2) is 5.53. The third-order valence-corrected chi connectivity index (χ3v) is 4.89. The van der Waals surface area contributed by atoms with Crippen LogP contribution >= 0.6 is 11.3 Å². The van der Waals surface area contributed by atoms with Crippen LogP contribution < -0.4 is 0 Å². The molecule has 0 aliphatic carbocycles. The van der Waals surface area contributed by atoms with Gasteiger partial charge < -0.3 is 10.0 Å². The van der Waals surface area contributed by atoms with Crippen molar-refractivity contribution in [2.45, 2.75) is 32.4 Å². The average molecular weight is 336 g/mol. The number of amides is 1. The van der Waals surface area contributed by atoms with E-state index in [-0.39, 0.29) is 18.2 Å². The van der Waals surface area contributed by atoms with Gasteiger partial charge in [-0.3, -0.25) is 9.59 Å². The first kappa shape index (κ1) is 16.7. The van der Waals surface area contributed by atoms with E-state index in [1.54, 1.807) is 0 Å². The van der Waals surface area contributed by atoms with Crippen LogP contribution in [0.1, 0.15) is 41.7 Å². The Hall–Kier alpha value is -1.64. The first-order valence-corrected chi connectivity index (χ1v) is 7.51. The van der Waals surface area contributed by atoms with Gasteiger partial charge in [-0.2, -0.15) is 13.2 Å². The highest BCUT2D eigenvalue weighted by Gasteiger charge is 2.64. The largest absolute Gasteiger partial charge is 0.481 e. The zero-order chi connectivity index (χ0) is 16.7. The number of aromatic nitrogens is 1. The molecule has 0 spiro atoms. The van der Waals surface area contributed by atoms with Crippen molar-refractivity contribution < 1.29 is 27.9 Å². The minimum absolute atomic E-state index is 0.0667. The summed E-state index contributed by atoms with van der Waals surface area (Å²) in [6.07, 6.45) is -5.54. The van der Waals surface area contributed by atoms with Crippen LogP contribution in [0.2, 0.25) is 0 Å². The fourth-order valence-corrected chi connectivity index (χ4v) is 3.13. The Morgan fingerprint density at radius 3 is 2.50 bits per heavy atom. The molecule has 9 heteroatoms. The predicted molar refractivity (Wildman–Crippen MR) is 72.8 cm³/mol. The van der Waals surface area contributed by atoms with E-state index in [1.807, 2.05) is 13.8 Å². The Morgan fingerprint density at radius 1 is 1.45 bits per heavy atom. The number of carboxylic acids is 1. The number of thiazole rings is 1. The van der Waals surface area contributed by atoms with E-state index in [4.69, 9.17) is 5.11 Å². The van der Waals surface area contributed by atoms with Crippen molar-refractivity contribution in [3.8, 4) is 0 Å². The molecule has 0 aromatic carbocycles. The summed E-state index contributed by atoms with van der Waals surface area (Å²) in [6, 6.07) is 0. The lowest BCUT2D eigenvalue weighted by molar-refractivity contribution is -0.227. The normalized spacial score (nSPS) is 22.4. The van der Waals surface area contributed by atoms with Crippen molar-refractivity contribution in [1.29, 1.82) is 0 Å². The number of likely N-dealkylation sites (tertiary alicyclic amines) is 1. The molecule has 2 heterocycles. The topological polar surface area (TPSA) is 70.5 Å². The summed E-state index contributed by atoms with van der Waals surface area (Å²) in [5, 5.41) is 11.2. The number of carboxylic acid groups (broad SMARTS) is 1. The molecular weight excluding hydrogens is 321 g/mol. The molecule has 0 saturated carbocycles. The standard InChI is InChI=1S/C13H15F3N2O3S/c1-7(2)9-17-8(5-22-9)10(19)18-4-3-12(6-18,11(20)21)13(14,15)16/h5,7H,3-4,6H2,1-2H3,(H,20,21). The van der Waals surface area contributed by atoms with Gasteiger partial charge in [0, 0.05) is 24.4 Å². The Balaban J connectivity index is 2.21. The monoisotopic (exact) mass is 336 g/mol. The first-order chi connectivity index (χ1) is 10.1. The summed E-state index contributed by atoms with van der Waals surface area (Å²) in [5.74, 6) is -2.50. The van der Waals surface area contributed by atoms with Gasteiger partial charge in [-0.15, -0.1) is 11.3 Å². The number of carbonyl (C=O) groups excluding carboxylic acids is 1. The molecule has 1 aliphatic rings. The van der Waals surface area contributed by atoms with Crippen molar-refractivity contribution in [1.82, 2.24) is 9.88 Å². The molecule has 1 aromatic heterocycles. The van der Waals surface area contributed by atoms with Crippen LogP contribution in [0.25, 0.3) is 0 Å². The highest BCUT2D eigenvalue weighted by molar-refractivity contribution is 7.09. The van der Waals surface area contributed by atoms with Gasteiger partial charge in [0.25, 0.3) is 5.91 Å². The molecule has 0 radical (unpaired) electrons. The molecule has 0 bridgehead atoms. The Kier molecular flexibility index (Phi) is 4.20. The van der Waals surface area contributed by atoms with Crippen LogP contribution in [-0.2, 0) is 4.79 Å². The molecule has 1 atom stereocenters. The van der Waals surface area contributed by atoms with Gasteiger partial charge in [-0.1, -0.05) is 13.8 Å². The summed E-state index contributed by atoms with van der Waals surface area (Å²) in [5.41, 5.74) is -2.82. The maximum atomic E-state index is 13.1. The number of carbonyl (C=O) groups is 2. The molecule has 22 heavy (non-hydrogen) atoms. The Labute approximate surface area is 128 Å². The van der Waals surface area contributed by atoms with Crippen LogP contribution in [0.3, 0.4) is 0 Å². The first-order valence-electron chi connectivity index (χ1n) is 6.63. The molecule has 1 amide bonds. The summed E-state index contributed by atoms with van der Waals surface area (Å²) in [4.78, 5) is 28.4. The zero-order valence-corrected chi connectivity index (χ0v) is 12.8. The minimum atomic E-state index is -4.90. The van der Waals surface area contributed by atoms with Crippen LogP contribution in [-0.4, -0.2) is 46.1 Å². The van der Waals surface area contributed by atoms with Gasteiger partial charge >= 0.3 is 12.1 Å². The third kappa shape index (κ3) is 2.69. The maximum Gasteiger partial charge on any atom is 0.406 e. The quantitative estimate of drug-likeness (QED) is 0.921. The smallest absolute Gasteiger partial charge is 0.406 e. The van der Waals surface area contributed by atoms with E-state index in [9.17, 15) is 22.8 Å². The molecule has 2 rings (SSSR count). The van der Waals surface area contributed by atoms with E-state index in [0.29, 0.717) is 5.01 Å². The number of hydrogen-bond acceptors (Lipinski definition) is 4. The lowest BCUT2D eigenvalue weighted by atomic mass is 9.86. The van der Waals surface area contributed by atoms with E-state index in [2.05, 4.69) is 4.98 Å². The van der Waals surface area contributed by atoms with Gasteiger partial charge in [0.1, 0.15) is 5.69 Å². The fourth-order valence-electron chi connectivity index (χ4n) is 2.32. The molecule has 1 saturated heterocycles. The molecule has 1 fully saturated rings. The second-order valence-electron chi connectivity index (χ2n) is 5.59. The van der Waals surface area contributed by atoms with Gasteiger partial charge in [0.2, 0.25) is 0 Å². The summed E-state index contributed by atoms with van der Waals surface area (Å²) >= 11 is 1.26. The molecule has 1 aliphatic heterocycles. The van der Waals surface area contributed by atoms with Crippen molar-refractivity contribution >= 4 is 23.2 Å². The van der Waals surface area contributed by atoms with Gasteiger partial charge in [-0.05, 0) is 6.42 Å². The molecule has 1 unspecified atom stereocenters. The predicted octanol–water partition coefficient (Wildman–Crippen LogP) is 2.75. The number of halogens is 3. The highest BCUT2D eigenvalue weighted by Crippen LogP contribution is 2.46. The van der Waals surface area contributed by atoms with Crippen molar-refractivity contribution in [3.63, 3.8) is 0 Å². The number of nitrogens with zero attached hydrogens (tertiary/aromatic N) is 2. The SMILES string of the molecule is CC(C)c1nc(C(=O)N2CCC(C(=O)O)(C(F)(F)F)C2)cs1. The lowest BCUT2D eigenvalue weighted by Gasteiger charge is -2.27. The average Bonchev–Trinajstić information content (AvgIpc) is 3.05. The van der Waals surface area contributed by atoms with Crippen LogP contribution in [0.15, 0.2) is 5.38 Å². The molecule has 1 aromatic rings. The zero-order valence-electron chi connectivity index (χ0n) is 12.0. The Morgan fingerprint density at radius 2 is 2.09 bits per heavy atom. The van der Waals surface area contributed by atoms with Crippen LogP contribution in [0, 0.1) is 5.41 Å². The van der Waals surface area contributed by atoms with E-state index in [0.717, 1.165) is 4.90 Å². The number of hydrogen-bond donors (Lipinski definition) is 1.